The maximum absolute atomic E-state index is 12.2. The monoisotopic (exact) mass is 356 g/mol. The molecule has 1 atom stereocenters. The molecule has 3 nitrogen and oxygen atoms in total. The Hall–Kier alpha value is -0.520. The van der Waals surface area contributed by atoms with Crippen LogP contribution in [0.1, 0.15) is 19.8 Å². The van der Waals surface area contributed by atoms with Crippen molar-refractivity contribution < 1.29 is 4.79 Å². The van der Waals surface area contributed by atoms with Crippen LogP contribution in [0, 0.1) is 5.41 Å². The largest absolute Gasteiger partial charge is 0.342 e. The Morgan fingerprint density at radius 3 is 2.75 bits per heavy atom. The molecule has 5 heteroatoms. The molecule has 2 N–H and O–H groups in total. The van der Waals surface area contributed by atoms with Crippen molar-refractivity contribution in [2.45, 2.75) is 24.7 Å². The summed E-state index contributed by atoms with van der Waals surface area (Å²) in [6, 6.07) is 8.19. The lowest BCUT2D eigenvalue weighted by Gasteiger charge is -2.22. The Morgan fingerprint density at radius 2 is 2.15 bits per heavy atom. The van der Waals surface area contributed by atoms with Crippen LogP contribution in [0.4, 0.5) is 0 Å². The molecular weight excluding hydrogens is 336 g/mol. The molecule has 1 heterocycles. The number of hydrogen-bond acceptors (Lipinski definition) is 3. The number of likely N-dealkylation sites (tertiary alicyclic amines) is 1. The number of amides is 1. The molecule has 1 amide bonds. The SMILES string of the molecule is CC1(CN)CCN(C(=O)CCSc2ccc(Br)cc2)C1. The average molecular weight is 357 g/mol. The molecule has 2 rings (SSSR count). The van der Waals surface area contributed by atoms with Crippen LogP contribution in [0.2, 0.25) is 0 Å². The van der Waals surface area contributed by atoms with E-state index < -0.39 is 0 Å². The second-order valence-electron chi connectivity index (χ2n) is 5.63. The number of carbonyl (C=O) groups excluding carboxylic acids is 1. The molecule has 1 aromatic rings. The quantitative estimate of drug-likeness (QED) is 0.824. The molecule has 0 aliphatic carbocycles. The number of nitrogens with two attached hydrogens (primary N) is 1. The van der Waals surface area contributed by atoms with Crippen LogP contribution in [-0.4, -0.2) is 36.2 Å². The smallest absolute Gasteiger partial charge is 0.223 e. The van der Waals surface area contributed by atoms with Gasteiger partial charge in [0, 0.05) is 34.6 Å². The molecule has 110 valence electrons. The van der Waals surface area contributed by atoms with Crippen molar-refractivity contribution >= 4 is 33.6 Å². The molecule has 0 radical (unpaired) electrons. The van der Waals surface area contributed by atoms with Crippen LogP contribution in [0.5, 0.6) is 0 Å². The highest BCUT2D eigenvalue weighted by Gasteiger charge is 2.34. The molecule has 1 saturated heterocycles. The molecule has 1 aromatic carbocycles. The zero-order valence-corrected chi connectivity index (χ0v) is 14.2. The van der Waals surface area contributed by atoms with Crippen molar-refractivity contribution in [2.24, 2.45) is 11.1 Å². The maximum Gasteiger partial charge on any atom is 0.223 e. The van der Waals surface area contributed by atoms with Crippen LogP contribution >= 0.6 is 27.7 Å². The fraction of sp³-hybridized carbons (Fsp3) is 0.533. The van der Waals surface area contributed by atoms with E-state index in [1.54, 1.807) is 11.8 Å². The van der Waals surface area contributed by atoms with E-state index in [4.69, 9.17) is 5.73 Å². The van der Waals surface area contributed by atoms with Gasteiger partial charge >= 0.3 is 0 Å². The summed E-state index contributed by atoms with van der Waals surface area (Å²) < 4.78 is 1.08. The van der Waals surface area contributed by atoms with Gasteiger partial charge in [-0.05, 0) is 42.6 Å². The van der Waals surface area contributed by atoms with Gasteiger partial charge in [0.25, 0.3) is 0 Å². The summed E-state index contributed by atoms with van der Waals surface area (Å²) in [7, 11) is 0. The van der Waals surface area contributed by atoms with E-state index in [1.165, 1.54) is 4.90 Å². The van der Waals surface area contributed by atoms with Gasteiger partial charge in [-0.3, -0.25) is 4.79 Å². The maximum atomic E-state index is 12.2. The van der Waals surface area contributed by atoms with E-state index in [1.807, 2.05) is 17.0 Å². The predicted molar refractivity (Wildman–Crippen MR) is 87.8 cm³/mol. The number of carbonyl (C=O) groups is 1. The second-order valence-corrected chi connectivity index (χ2v) is 7.72. The van der Waals surface area contributed by atoms with Gasteiger partial charge in [0.15, 0.2) is 0 Å². The summed E-state index contributed by atoms with van der Waals surface area (Å²) in [5, 5.41) is 0. The number of rotatable bonds is 5. The van der Waals surface area contributed by atoms with E-state index in [2.05, 4.69) is 35.0 Å². The van der Waals surface area contributed by atoms with Crippen molar-refractivity contribution in [3.05, 3.63) is 28.7 Å². The molecule has 1 aliphatic rings. The third-order valence-corrected chi connectivity index (χ3v) is 5.34. The first-order chi connectivity index (χ1) is 9.52. The Balaban J connectivity index is 1.74. The van der Waals surface area contributed by atoms with E-state index >= 15 is 0 Å². The summed E-state index contributed by atoms with van der Waals surface area (Å²) in [5.74, 6) is 1.09. The van der Waals surface area contributed by atoms with Gasteiger partial charge in [0.2, 0.25) is 5.91 Å². The molecule has 0 aromatic heterocycles. The standard InChI is InChI=1S/C15H21BrN2OS/c1-15(10-17)7-8-18(11-15)14(19)6-9-20-13-4-2-12(16)3-5-13/h2-5H,6-11,17H2,1H3. The summed E-state index contributed by atoms with van der Waals surface area (Å²) in [6.07, 6.45) is 1.62. The Bertz CT molecular complexity index is 465. The van der Waals surface area contributed by atoms with E-state index in [-0.39, 0.29) is 11.3 Å². The zero-order valence-electron chi connectivity index (χ0n) is 11.8. The fourth-order valence-corrected chi connectivity index (χ4v) is 3.45. The zero-order chi connectivity index (χ0) is 14.6. The molecule has 1 fully saturated rings. The van der Waals surface area contributed by atoms with Crippen LogP contribution in [0.15, 0.2) is 33.6 Å². The summed E-state index contributed by atoms with van der Waals surface area (Å²) >= 11 is 5.15. The van der Waals surface area contributed by atoms with E-state index in [9.17, 15) is 4.79 Å². The van der Waals surface area contributed by atoms with Crippen molar-refractivity contribution in [1.29, 1.82) is 0 Å². The minimum absolute atomic E-state index is 0.120. The lowest BCUT2D eigenvalue weighted by Crippen LogP contribution is -2.34. The Kier molecular flexibility index (Phi) is 5.52. The van der Waals surface area contributed by atoms with Gasteiger partial charge in [-0.15, -0.1) is 11.8 Å². The van der Waals surface area contributed by atoms with E-state index in [0.29, 0.717) is 13.0 Å². The fourth-order valence-electron chi connectivity index (χ4n) is 2.35. The first-order valence-electron chi connectivity index (χ1n) is 6.89. The lowest BCUT2D eigenvalue weighted by molar-refractivity contribution is -0.130. The van der Waals surface area contributed by atoms with Crippen molar-refractivity contribution in [2.75, 3.05) is 25.4 Å². The highest BCUT2D eigenvalue weighted by molar-refractivity contribution is 9.10. The van der Waals surface area contributed by atoms with Crippen LogP contribution in [-0.2, 0) is 4.79 Å². The minimum Gasteiger partial charge on any atom is -0.342 e. The van der Waals surface area contributed by atoms with Gasteiger partial charge in [-0.1, -0.05) is 22.9 Å². The molecule has 20 heavy (non-hydrogen) atoms. The van der Waals surface area contributed by atoms with Crippen molar-refractivity contribution in [1.82, 2.24) is 4.90 Å². The molecule has 0 spiro atoms. The highest BCUT2D eigenvalue weighted by atomic mass is 79.9. The third kappa shape index (κ3) is 4.24. The van der Waals surface area contributed by atoms with Crippen LogP contribution in [0.3, 0.4) is 0 Å². The first-order valence-corrected chi connectivity index (χ1v) is 8.66. The van der Waals surface area contributed by atoms with Gasteiger partial charge in [-0.25, -0.2) is 0 Å². The van der Waals surface area contributed by atoms with Crippen molar-refractivity contribution in [3.8, 4) is 0 Å². The number of thioether (sulfide) groups is 1. The second kappa shape index (κ2) is 6.96. The number of benzene rings is 1. The Morgan fingerprint density at radius 1 is 1.45 bits per heavy atom. The minimum atomic E-state index is 0.120. The summed E-state index contributed by atoms with van der Waals surface area (Å²) in [6.45, 7) is 4.49. The number of nitrogens with zero attached hydrogens (tertiary/aromatic N) is 1. The highest BCUT2D eigenvalue weighted by Crippen LogP contribution is 2.29. The van der Waals surface area contributed by atoms with Gasteiger partial charge in [0.05, 0.1) is 0 Å². The first kappa shape index (κ1) is 15.9. The predicted octanol–water partition coefficient (Wildman–Crippen LogP) is 3.13. The summed E-state index contributed by atoms with van der Waals surface area (Å²) in [5.41, 5.74) is 5.89. The van der Waals surface area contributed by atoms with Crippen molar-refractivity contribution in [3.63, 3.8) is 0 Å². The molecule has 1 unspecified atom stereocenters. The molecule has 1 aliphatic heterocycles. The van der Waals surface area contributed by atoms with Gasteiger partial charge < -0.3 is 10.6 Å². The topological polar surface area (TPSA) is 46.3 Å². The molecule has 0 saturated carbocycles. The van der Waals surface area contributed by atoms with Crippen LogP contribution < -0.4 is 5.73 Å². The lowest BCUT2D eigenvalue weighted by atomic mass is 9.90. The molecular formula is C15H21BrN2OS. The normalized spacial score (nSPS) is 22.2. The number of hydrogen-bond donors (Lipinski definition) is 1. The average Bonchev–Trinajstić information content (AvgIpc) is 2.84. The number of halogens is 1. The molecule has 0 bridgehead atoms. The Labute approximate surface area is 133 Å². The van der Waals surface area contributed by atoms with E-state index in [0.717, 1.165) is 29.7 Å². The van der Waals surface area contributed by atoms with Crippen LogP contribution in [0.25, 0.3) is 0 Å². The van der Waals surface area contributed by atoms with Gasteiger partial charge in [0.1, 0.15) is 0 Å². The third-order valence-electron chi connectivity index (χ3n) is 3.80. The van der Waals surface area contributed by atoms with Gasteiger partial charge in [-0.2, -0.15) is 0 Å². The summed E-state index contributed by atoms with van der Waals surface area (Å²) in [4.78, 5) is 15.3.